The fourth-order valence-electron chi connectivity index (χ4n) is 3.23. The van der Waals surface area contributed by atoms with Crippen LogP contribution < -0.4 is 4.74 Å². The minimum atomic E-state index is -0.439. The van der Waals surface area contributed by atoms with Crippen LogP contribution in [0.15, 0.2) is 65.6 Å². The molecule has 0 unspecified atom stereocenters. The van der Waals surface area contributed by atoms with Crippen molar-refractivity contribution in [3.8, 4) is 5.75 Å². The molecule has 0 atom stereocenters. The summed E-state index contributed by atoms with van der Waals surface area (Å²) in [5.41, 5.74) is 3.38. The largest absolute Gasteiger partial charge is 0.487 e. The molecule has 0 N–H and O–H groups in total. The summed E-state index contributed by atoms with van der Waals surface area (Å²) in [5, 5.41) is -0.406. The summed E-state index contributed by atoms with van der Waals surface area (Å²) >= 11 is 5.28. The zero-order chi connectivity index (χ0) is 23.5. The number of thioether (sulfide) groups is 1. The highest BCUT2D eigenvalue weighted by Gasteiger charge is 2.35. The van der Waals surface area contributed by atoms with E-state index in [0.717, 1.165) is 40.7 Å². The molecule has 2 amide bonds. The summed E-state index contributed by atoms with van der Waals surface area (Å²) in [5.74, 6) is -0.0783. The Morgan fingerprint density at radius 3 is 2.36 bits per heavy atom. The van der Waals surface area contributed by atoms with Crippen molar-refractivity contribution in [2.24, 2.45) is 0 Å². The van der Waals surface area contributed by atoms with Gasteiger partial charge >= 0.3 is 0 Å². The first-order valence-corrected chi connectivity index (χ1v) is 13.0. The van der Waals surface area contributed by atoms with Gasteiger partial charge in [0.05, 0.1) is 18.6 Å². The predicted octanol–water partition coefficient (Wildman–Crippen LogP) is 7.16. The summed E-state index contributed by atoms with van der Waals surface area (Å²) < 4.78 is 21.8. The van der Waals surface area contributed by atoms with E-state index < -0.39 is 17.0 Å². The molecular weight excluding hydrogens is 667 g/mol. The first-order valence-electron chi connectivity index (χ1n) is 9.98. The van der Waals surface area contributed by atoms with Crippen molar-refractivity contribution >= 4 is 74.2 Å². The lowest BCUT2D eigenvalue weighted by Gasteiger charge is -2.13. The molecule has 0 radical (unpaired) electrons. The molecule has 0 aromatic heterocycles. The molecule has 4 nitrogen and oxygen atoms in total. The lowest BCUT2D eigenvalue weighted by atomic mass is 10.1. The van der Waals surface area contributed by atoms with Crippen LogP contribution in [0.3, 0.4) is 0 Å². The van der Waals surface area contributed by atoms with E-state index in [-0.39, 0.29) is 6.54 Å². The molecule has 1 aliphatic rings. The van der Waals surface area contributed by atoms with E-state index >= 15 is 0 Å². The standard InChI is InChI=1S/C25H18FI2NO3S/c1-15-6-8-16(9-7-15)14-32-23-20(27)10-17(11-21(23)28)12-22-24(30)29(25(31)33-22)13-18-4-2-3-5-19(18)26/h2-12H,13-14H2,1H3/b22-12-. The number of nitrogens with zero attached hydrogens (tertiary/aromatic N) is 1. The molecule has 8 heteroatoms. The Hall–Kier alpha value is -1.92. The molecule has 3 aromatic rings. The van der Waals surface area contributed by atoms with Gasteiger partial charge in [-0.25, -0.2) is 4.39 Å². The van der Waals surface area contributed by atoms with E-state index in [1.54, 1.807) is 24.3 Å². The second kappa shape index (κ2) is 10.6. The molecule has 1 saturated heterocycles. The molecule has 3 aromatic carbocycles. The molecule has 0 spiro atoms. The number of carbonyl (C=O) groups excluding carboxylic acids is 2. The summed E-state index contributed by atoms with van der Waals surface area (Å²) in [6, 6.07) is 18.2. The number of hydrogen-bond acceptors (Lipinski definition) is 4. The Bertz CT molecular complexity index is 1240. The lowest BCUT2D eigenvalue weighted by Crippen LogP contribution is -2.27. The number of hydrogen-bond donors (Lipinski definition) is 0. The van der Waals surface area contributed by atoms with Crippen LogP contribution in [0.25, 0.3) is 6.08 Å². The van der Waals surface area contributed by atoms with Crippen LogP contribution in [0.1, 0.15) is 22.3 Å². The smallest absolute Gasteiger partial charge is 0.293 e. The van der Waals surface area contributed by atoms with Crippen LogP contribution in [0.2, 0.25) is 0 Å². The molecule has 1 heterocycles. The maximum atomic E-state index is 14.0. The number of amides is 2. The maximum Gasteiger partial charge on any atom is 0.293 e. The highest BCUT2D eigenvalue weighted by Crippen LogP contribution is 2.36. The van der Waals surface area contributed by atoms with Crippen molar-refractivity contribution in [2.45, 2.75) is 20.1 Å². The van der Waals surface area contributed by atoms with Crippen molar-refractivity contribution in [2.75, 3.05) is 0 Å². The SMILES string of the molecule is Cc1ccc(COc2c(I)cc(/C=C3\SC(=O)N(Cc4ccccc4F)C3=O)cc2I)cc1. The van der Waals surface area contributed by atoms with Gasteiger partial charge in [-0.1, -0.05) is 48.0 Å². The van der Waals surface area contributed by atoms with Gasteiger partial charge in [-0.15, -0.1) is 0 Å². The van der Waals surface area contributed by atoms with Crippen molar-refractivity contribution < 1.29 is 18.7 Å². The number of benzene rings is 3. The molecule has 0 bridgehead atoms. The van der Waals surface area contributed by atoms with Gasteiger partial charge < -0.3 is 4.74 Å². The van der Waals surface area contributed by atoms with E-state index in [1.165, 1.54) is 11.6 Å². The van der Waals surface area contributed by atoms with Gasteiger partial charge in [-0.3, -0.25) is 14.5 Å². The fraction of sp³-hybridized carbons (Fsp3) is 0.120. The number of ether oxygens (including phenoxy) is 1. The molecule has 0 saturated carbocycles. The highest BCUT2D eigenvalue weighted by atomic mass is 127. The van der Waals surface area contributed by atoms with Crippen LogP contribution in [-0.2, 0) is 17.9 Å². The van der Waals surface area contributed by atoms with Gasteiger partial charge in [-0.2, -0.15) is 0 Å². The van der Waals surface area contributed by atoms with E-state index in [9.17, 15) is 14.0 Å². The van der Waals surface area contributed by atoms with Crippen molar-refractivity contribution in [1.29, 1.82) is 0 Å². The minimum absolute atomic E-state index is 0.0878. The highest BCUT2D eigenvalue weighted by molar-refractivity contribution is 14.1. The average Bonchev–Trinajstić information content (AvgIpc) is 3.03. The van der Waals surface area contributed by atoms with Gasteiger partial charge in [0.2, 0.25) is 0 Å². The van der Waals surface area contributed by atoms with E-state index in [1.807, 2.05) is 31.2 Å². The van der Waals surface area contributed by atoms with E-state index in [0.29, 0.717) is 17.1 Å². The maximum absolute atomic E-state index is 14.0. The number of aryl methyl sites for hydroxylation is 1. The molecular formula is C25H18FI2NO3S. The van der Waals surface area contributed by atoms with Crippen LogP contribution in [0, 0.1) is 19.9 Å². The van der Waals surface area contributed by atoms with Crippen LogP contribution in [0.4, 0.5) is 9.18 Å². The normalized spacial score (nSPS) is 14.9. The fourth-order valence-corrected chi connectivity index (χ4v) is 6.19. The summed E-state index contributed by atoms with van der Waals surface area (Å²) in [6.45, 7) is 2.42. The van der Waals surface area contributed by atoms with Gasteiger partial charge in [0.15, 0.2) is 0 Å². The Balaban J connectivity index is 1.50. The third-order valence-corrected chi connectivity index (χ3v) is 7.49. The third-order valence-electron chi connectivity index (χ3n) is 4.98. The summed E-state index contributed by atoms with van der Waals surface area (Å²) in [7, 11) is 0. The van der Waals surface area contributed by atoms with E-state index in [4.69, 9.17) is 4.74 Å². The molecule has 33 heavy (non-hydrogen) atoms. The molecule has 168 valence electrons. The van der Waals surface area contributed by atoms with Gasteiger partial charge in [0.25, 0.3) is 11.1 Å². The number of carbonyl (C=O) groups is 2. The predicted molar refractivity (Wildman–Crippen MR) is 145 cm³/mol. The Morgan fingerprint density at radius 2 is 1.70 bits per heavy atom. The second-order valence-corrected chi connectivity index (χ2v) is 10.8. The van der Waals surface area contributed by atoms with Gasteiger partial charge in [0, 0.05) is 5.56 Å². The monoisotopic (exact) mass is 685 g/mol. The van der Waals surface area contributed by atoms with Crippen LogP contribution >= 0.6 is 56.9 Å². The van der Waals surface area contributed by atoms with Crippen LogP contribution in [0.5, 0.6) is 5.75 Å². The van der Waals surface area contributed by atoms with Crippen molar-refractivity contribution in [3.05, 3.63) is 101 Å². The lowest BCUT2D eigenvalue weighted by molar-refractivity contribution is -0.123. The Morgan fingerprint density at radius 1 is 1.03 bits per heavy atom. The molecule has 1 aliphatic heterocycles. The Kier molecular flexibility index (Phi) is 7.75. The zero-order valence-electron chi connectivity index (χ0n) is 17.5. The van der Waals surface area contributed by atoms with Crippen molar-refractivity contribution in [1.82, 2.24) is 4.90 Å². The van der Waals surface area contributed by atoms with E-state index in [2.05, 4.69) is 57.3 Å². The summed E-state index contributed by atoms with van der Waals surface area (Å²) in [4.78, 5) is 26.6. The second-order valence-electron chi connectivity index (χ2n) is 7.45. The number of rotatable bonds is 6. The molecule has 4 rings (SSSR count). The first kappa shape index (κ1) is 24.2. The minimum Gasteiger partial charge on any atom is -0.487 e. The van der Waals surface area contributed by atoms with Crippen LogP contribution in [-0.4, -0.2) is 16.0 Å². The Labute approximate surface area is 222 Å². The zero-order valence-corrected chi connectivity index (χ0v) is 22.6. The third kappa shape index (κ3) is 5.78. The molecule has 0 aliphatic carbocycles. The summed E-state index contributed by atoms with van der Waals surface area (Å²) in [6.07, 6.45) is 1.69. The first-order chi connectivity index (χ1) is 15.8. The van der Waals surface area contributed by atoms with Gasteiger partial charge in [0.1, 0.15) is 18.2 Å². The quantitative estimate of drug-likeness (QED) is 0.204. The topological polar surface area (TPSA) is 46.6 Å². The molecule has 1 fully saturated rings. The van der Waals surface area contributed by atoms with Gasteiger partial charge in [-0.05, 0) is 99.3 Å². The van der Waals surface area contributed by atoms with Crippen molar-refractivity contribution in [3.63, 3.8) is 0 Å². The number of imide groups is 1. The average molecular weight is 685 g/mol. The number of halogens is 3.